The molecular formula is C20H24ClNO3. The fourth-order valence-corrected chi connectivity index (χ4v) is 3.24. The molecular weight excluding hydrogens is 338 g/mol. The quantitative estimate of drug-likeness (QED) is 0.683. The number of benzene rings is 2. The summed E-state index contributed by atoms with van der Waals surface area (Å²) in [6.07, 6.45) is 0.956. The van der Waals surface area contributed by atoms with Crippen molar-refractivity contribution >= 4 is 11.6 Å². The van der Waals surface area contributed by atoms with Gasteiger partial charge in [0.25, 0.3) is 0 Å². The Balaban J connectivity index is 1.50. The van der Waals surface area contributed by atoms with Gasteiger partial charge in [0.1, 0.15) is 11.5 Å². The molecule has 1 aliphatic rings. The summed E-state index contributed by atoms with van der Waals surface area (Å²) >= 11 is 6.23. The Hall–Kier alpha value is -1.75. The minimum atomic E-state index is 0.301. The summed E-state index contributed by atoms with van der Waals surface area (Å²) in [6, 6.07) is 12.0. The summed E-state index contributed by atoms with van der Waals surface area (Å²) in [6.45, 7) is 5.34. The van der Waals surface area contributed by atoms with Crippen molar-refractivity contribution in [3.8, 4) is 11.5 Å². The predicted octanol–water partition coefficient (Wildman–Crippen LogP) is 4.42. The fourth-order valence-electron chi connectivity index (χ4n) is 2.98. The zero-order valence-corrected chi connectivity index (χ0v) is 15.5. The lowest BCUT2D eigenvalue weighted by Crippen LogP contribution is -2.22. The molecule has 0 spiro atoms. The zero-order valence-electron chi connectivity index (χ0n) is 14.8. The highest BCUT2D eigenvalue weighted by atomic mass is 35.5. The van der Waals surface area contributed by atoms with Gasteiger partial charge >= 0.3 is 0 Å². The van der Waals surface area contributed by atoms with Gasteiger partial charge in [0.15, 0.2) is 6.79 Å². The maximum Gasteiger partial charge on any atom is 0.189 e. The summed E-state index contributed by atoms with van der Waals surface area (Å²) in [5, 5.41) is 0.721. The SMILES string of the molecule is Cc1ccccc1OCCCN(C)Cc1cc(Cl)cc2c1OCOC2. The highest BCUT2D eigenvalue weighted by Crippen LogP contribution is 2.32. The Kier molecular flexibility index (Phi) is 6.19. The van der Waals surface area contributed by atoms with Gasteiger partial charge in [0.05, 0.1) is 13.2 Å². The number of halogens is 1. The van der Waals surface area contributed by atoms with Gasteiger partial charge in [0, 0.05) is 29.2 Å². The maximum absolute atomic E-state index is 6.23. The van der Waals surface area contributed by atoms with E-state index < -0.39 is 0 Å². The Morgan fingerprint density at radius 2 is 2.08 bits per heavy atom. The maximum atomic E-state index is 6.23. The van der Waals surface area contributed by atoms with E-state index in [1.54, 1.807) is 0 Å². The van der Waals surface area contributed by atoms with Crippen LogP contribution in [0.4, 0.5) is 0 Å². The zero-order chi connectivity index (χ0) is 17.6. The van der Waals surface area contributed by atoms with Crippen LogP contribution in [-0.2, 0) is 17.9 Å². The van der Waals surface area contributed by atoms with E-state index in [0.29, 0.717) is 20.0 Å². The van der Waals surface area contributed by atoms with Gasteiger partial charge in [-0.2, -0.15) is 0 Å². The fraction of sp³-hybridized carbons (Fsp3) is 0.400. The number of aryl methyl sites for hydroxylation is 1. The Morgan fingerprint density at radius 1 is 1.24 bits per heavy atom. The van der Waals surface area contributed by atoms with Gasteiger partial charge in [-0.15, -0.1) is 0 Å². The molecule has 0 atom stereocenters. The van der Waals surface area contributed by atoms with Gasteiger partial charge in [-0.3, -0.25) is 0 Å². The van der Waals surface area contributed by atoms with Crippen LogP contribution >= 0.6 is 11.6 Å². The van der Waals surface area contributed by atoms with E-state index >= 15 is 0 Å². The van der Waals surface area contributed by atoms with Crippen molar-refractivity contribution in [1.29, 1.82) is 0 Å². The predicted molar refractivity (Wildman–Crippen MR) is 99.4 cm³/mol. The number of para-hydroxylation sites is 1. The molecule has 0 unspecified atom stereocenters. The molecule has 0 aliphatic carbocycles. The van der Waals surface area contributed by atoms with Crippen molar-refractivity contribution in [2.75, 3.05) is 27.0 Å². The lowest BCUT2D eigenvalue weighted by molar-refractivity contribution is -0.0174. The second-order valence-electron chi connectivity index (χ2n) is 6.37. The van der Waals surface area contributed by atoms with Crippen LogP contribution in [0.25, 0.3) is 0 Å². The van der Waals surface area contributed by atoms with Crippen LogP contribution in [0.1, 0.15) is 23.1 Å². The largest absolute Gasteiger partial charge is 0.493 e. The molecule has 5 heteroatoms. The van der Waals surface area contributed by atoms with Crippen LogP contribution in [0.2, 0.25) is 5.02 Å². The molecule has 1 aliphatic heterocycles. The molecule has 4 nitrogen and oxygen atoms in total. The molecule has 134 valence electrons. The molecule has 0 radical (unpaired) electrons. The van der Waals surface area contributed by atoms with E-state index in [1.165, 1.54) is 5.56 Å². The Morgan fingerprint density at radius 3 is 2.92 bits per heavy atom. The molecule has 1 heterocycles. The van der Waals surface area contributed by atoms with Crippen LogP contribution < -0.4 is 9.47 Å². The minimum Gasteiger partial charge on any atom is -0.493 e. The minimum absolute atomic E-state index is 0.301. The van der Waals surface area contributed by atoms with Crippen molar-refractivity contribution < 1.29 is 14.2 Å². The molecule has 0 fully saturated rings. The van der Waals surface area contributed by atoms with E-state index in [1.807, 2.05) is 30.3 Å². The van der Waals surface area contributed by atoms with E-state index in [-0.39, 0.29) is 0 Å². The van der Waals surface area contributed by atoms with Gasteiger partial charge in [0.2, 0.25) is 0 Å². The second kappa shape index (κ2) is 8.56. The average Bonchev–Trinajstić information content (AvgIpc) is 2.60. The summed E-state index contributed by atoms with van der Waals surface area (Å²) in [4.78, 5) is 2.26. The molecule has 0 amide bonds. The monoisotopic (exact) mass is 361 g/mol. The Labute approximate surface area is 154 Å². The smallest absolute Gasteiger partial charge is 0.189 e. The number of ether oxygens (including phenoxy) is 3. The first-order chi connectivity index (χ1) is 12.1. The van der Waals surface area contributed by atoms with Crippen LogP contribution in [0, 0.1) is 6.92 Å². The number of hydrogen-bond acceptors (Lipinski definition) is 4. The van der Waals surface area contributed by atoms with Gasteiger partial charge in [-0.1, -0.05) is 29.8 Å². The molecule has 0 bridgehead atoms. The third kappa shape index (κ3) is 4.88. The first-order valence-corrected chi connectivity index (χ1v) is 8.90. The topological polar surface area (TPSA) is 30.9 Å². The first-order valence-electron chi connectivity index (χ1n) is 8.52. The number of hydrogen-bond donors (Lipinski definition) is 0. The van der Waals surface area contributed by atoms with Crippen LogP contribution in [-0.4, -0.2) is 31.9 Å². The number of nitrogens with zero attached hydrogens (tertiary/aromatic N) is 1. The normalized spacial score (nSPS) is 13.4. The van der Waals surface area contributed by atoms with E-state index in [9.17, 15) is 0 Å². The van der Waals surface area contributed by atoms with Crippen LogP contribution in [0.5, 0.6) is 11.5 Å². The second-order valence-corrected chi connectivity index (χ2v) is 6.81. The highest BCUT2D eigenvalue weighted by Gasteiger charge is 2.17. The number of rotatable bonds is 7. The highest BCUT2D eigenvalue weighted by molar-refractivity contribution is 6.30. The van der Waals surface area contributed by atoms with Crippen molar-refractivity contribution in [3.63, 3.8) is 0 Å². The molecule has 25 heavy (non-hydrogen) atoms. The van der Waals surface area contributed by atoms with E-state index in [0.717, 1.165) is 47.2 Å². The molecule has 0 N–H and O–H groups in total. The lowest BCUT2D eigenvalue weighted by Gasteiger charge is -2.24. The van der Waals surface area contributed by atoms with E-state index in [2.05, 4.69) is 24.9 Å². The number of fused-ring (bicyclic) bond motifs is 1. The standard InChI is InChI=1S/C20H24ClNO3/c1-15-6-3-4-7-19(15)24-9-5-8-22(2)12-16-10-18(21)11-17-13-23-14-25-20(16)17/h3-4,6-7,10-11H,5,8-9,12-14H2,1-2H3. The summed E-state index contributed by atoms with van der Waals surface area (Å²) in [7, 11) is 2.10. The van der Waals surface area contributed by atoms with Crippen molar-refractivity contribution in [2.24, 2.45) is 0 Å². The molecule has 0 saturated heterocycles. The van der Waals surface area contributed by atoms with Crippen molar-refractivity contribution in [3.05, 3.63) is 58.1 Å². The van der Waals surface area contributed by atoms with Gasteiger partial charge in [-0.25, -0.2) is 0 Å². The summed E-state index contributed by atoms with van der Waals surface area (Å²) in [5.74, 6) is 1.88. The van der Waals surface area contributed by atoms with Gasteiger partial charge < -0.3 is 19.1 Å². The third-order valence-corrected chi connectivity index (χ3v) is 4.45. The summed E-state index contributed by atoms with van der Waals surface area (Å²) < 4.78 is 16.9. The first kappa shape index (κ1) is 18.1. The average molecular weight is 362 g/mol. The lowest BCUT2D eigenvalue weighted by atomic mass is 10.1. The van der Waals surface area contributed by atoms with E-state index in [4.69, 9.17) is 25.8 Å². The summed E-state index contributed by atoms with van der Waals surface area (Å²) in [5.41, 5.74) is 3.29. The molecule has 2 aromatic carbocycles. The molecule has 2 aromatic rings. The van der Waals surface area contributed by atoms with Crippen LogP contribution in [0.15, 0.2) is 36.4 Å². The van der Waals surface area contributed by atoms with Gasteiger partial charge in [-0.05, 0) is 44.2 Å². The van der Waals surface area contributed by atoms with Crippen molar-refractivity contribution in [2.45, 2.75) is 26.5 Å². The third-order valence-electron chi connectivity index (χ3n) is 4.23. The molecule has 0 saturated carbocycles. The molecule has 0 aromatic heterocycles. The van der Waals surface area contributed by atoms with Crippen LogP contribution in [0.3, 0.4) is 0 Å². The Bertz CT molecular complexity index is 720. The van der Waals surface area contributed by atoms with Crippen molar-refractivity contribution in [1.82, 2.24) is 4.90 Å². The molecule has 3 rings (SSSR count).